The lowest BCUT2D eigenvalue weighted by Gasteiger charge is -2.34. The number of benzene rings is 2. The van der Waals surface area contributed by atoms with Crippen molar-refractivity contribution >= 4 is 16.8 Å². The van der Waals surface area contributed by atoms with Gasteiger partial charge in [0.2, 0.25) is 0 Å². The highest BCUT2D eigenvalue weighted by atomic mass is 15.4. The molecule has 1 fully saturated rings. The Morgan fingerprint density at radius 3 is 2.57 bits per heavy atom. The normalized spacial score (nSPS) is 21.8. The summed E-state index contributed by atoms with van der Waals surface area (Å²) in [5.41, 5.74) is 4.78. The molecule has 0 bridgehead atoms. The molecule has 1 heteroatoms. The van der Waals surface area contributed by atoms with Crippen molar-refractivity contribution in [3.05, 3.63) is 53.1 Å². The molecule has 1 aliphatic heterocycles. The number of rotatable bonds is 4. The molecule has 0 amide bonds. The molecule has 4 rings (SSSR count). The second-order valence-corrected chi connectivity index (χ2v) is 7.61. The van der Waals surface area contributed by atoms with E-state index in [1.54, 1.807) is 11.1 Å². The van der Waals surface area contributed by atoms with E-state index in [0.29, 0.717) is 0 Å². The average Bonchev–Trinajstić information content (AvgIpc) is 2.90. The van der Waals surface area contributed by atoms with Crippen LogP contribution in [0, 0.1) is 5.92 Å². The van der Waals surface area contributed by atoms with Crippen molar-refractivity contribution in [2.75, 3.05) is 26.2 Å². The number of nitrogens with zero attached hydrogens (tertiary/aromatic N) is 1. The van der Waals surface area contributed by atoms with Gasteiger partial charge in [0.25, 0.3) is 0 Å². The second kappa shape index (κ2) is 5.79. The molecule has 2 aromatic carbocycles. The van der Waals surface area contributed by atoms with Crippen molar-refractivity contribution < 1.29 is 4.48 Å². The highest BCUT2D eigenvalue weighted by Crippen LogP contribution is 2.40. The van der Waals surface area contributed by atoms with Gasteiger partial charge < -0.3 is 4.48 Å². The van der Waals surface area contributed by atoms with Gasteiger partial charge in [-0.05, 0) is 52.8 Å². The van der Waals surface area contributed by atoms with Gasteiger partial charge in [-0.2, -0.15) is 0 Å². The Morgan fingerprint density at radius 1 is 1.00 bits per heavy atom. The number of hydrogen-bond donors (Lipinski definition) is 0. The van der Waals surface area contributed by atoms with Crippen molar-refractivity contribution in [3.63, 3.8) is 0 Å². The first-order valence-electron chi connectivity index (χ1n) is 9.31. The van der Waals surface area contributed by atoms with Crippen molar-refractivity contribution in [2.45, 2.75) is 33.1 Å². The molecule has 1 aliphatic carbocycles. The standard InChI is InChI=1S/C22H28N/c1-3-11-23(12-4-2)15-19-13-18-10-9-17-7-5-6-8-21(17)22(18)14-20(19)16-23/h5-10,14,19H,3-4,11-13,15-16H2,1-2H3/q+1. The minimum atomic E-state index is 0.779. The van der Waals surface area contributed by atoms with Gasteiger partial charge >= 0.3 is 0 Å². The van der Waals surface area contributed by atoms with Crippen LogP contribution in [-0.4, -0.2) is 30.7 Å². The van der Waals surface area contributed by atoms with Crippen LogP contribution in [0.4, 0.5) is 0 Å². The molecular formula is C22H28N+. The SMILES string of the molecule is CCC[N+]1(CCC)CC2=Cc3c(ccc4ccccc34)CC2C1. The Kier molecular flexibility index (Phi) is 3.77. The molecule has 23 heavy (non-hydrogen) atoms. The van der Waals surface area contributed by atoms with Gasteiger partial charge in [0.1, 0.15) is 6.54 Å². The third-order valence-electron chi connectivity index (χ3n) is 5.90. The quantitative estimate of drug-likeness (QED) is 0.694. The van der Waals surface area contributed by atoms with E-state index in [-0.39, 0.29) is 0 Å². The van der Waals surface area contributed by atoms with E-state index in [0.717, 1.165) is 5.92 Å². The summed E-state index contributed by atoms with van der Waals surface area (Å²) in [6.45, 7) is 10.0. The van der Waals surface area contributed by atoms with Gasteiger partial charge in [0.15, 0.2) is 0 Å². The Labute approximate surface area is 140 Å². The Morgan fingerprint density at radius 2 is 1.78 bits per heavy atom. The molecule has 1 heterocycles. The van der Waals surface area contributed by atoms with Gasteiger partial charge in [-0.3, -0.25) is 0 Å². The summed E-state index contributed by atoms with van der Waals surface area (Å²) in [6, 6.07) is 13.5. The maximum atomic E-state index is 2.55. The summed E-state index contributed by atoms with van der Waals surface area (Å²) in [7, 11) is 0. The van der Waals surface area contributed by atoms with Crippen LogP contribution in [0.1, 0.15) is 37.8 Å². The fourth-order valence-corrected chi connectivity index (χ4v) is 5.07. The van der Waals surface area contributed by atoms with Crippen LogP contribution < -0.4 is 0 Å². The maximum absolute atomic E-state index is 2.55. The number of quaternary nitrogens is 1. The number of fused-ring (bicyclic) bond motifs is 4. The molecule has 1 saturated heterocycles. The van der Waals surface area contributed by atoms with E-state index in [2.05, 4.69) is 56.3 Å². The van der Waals surface area contributed by atoms with Gasteiger partial charge in [-0.15, -0.1) is 0 Å². The first-order chi connectivity index (χ1) is 11.2. The lowest BCUT2D eigenvalue weighted by molar-refractivity contribution is -0.916. The first-order valence-corrected chi connectivity index (χ1v) is 9.31. The summed E-state index contributed by atoms with van der Waals surface area (Å²) in [4.78, 5) is 0. The van der Waals surface area contributed by atoms with Gasteiger partial charge in [0.05, 0.1) is 19.6 Å². The number of hydrogen-bond acceptors (Lipinski definition) is 0. The monoisotopic (exact) mass is 306 g/mol. The van der Waals surface area contributed by atoms with Gasteiger partial charge in [-0.25, -0.2) is 0 Å². The molecular weight excluding hydrogens is 278 g/mol. The van der Waals surface area contributed by atoms with Gasteiger partial charge in [-0.1, -0.05) is 50.2 Å². The Bertz CT molecular complexity index is 750. The third-order valence-corrected chi connectivity index (χ3v) is 5.90. The molecule has 0 spiro atoms. The molecule has 0 N–H and O–H groups in total. The summed E-state index contributed by atoms with van der Waals surface area (Å²) < 4.78 is 1.33. The van der Waals surface area contributed by atoms with E-state index >= 15 is 0 Å². The molecule has 0 aromatic heterocycles. The minimum absolute atomic E-state index is 0.779. The van der Waals surface area contributed by atoms with Crippen LogP contribution in [-0.2, 0) is 6.42 Å². The van der Waals surface area contributed by atoms with E-state index in [1.807, 2.05) is 0 Å². The smallest absolute Gasteiger partial charge is 0.101 e. The topological polar surface area (TPSA) is 0 Å². The maximum Gasteiger partial charge on any atom is 0.101 e. The minimum Gasteiger partial charge on any atom is -0.320 e. The lowest BCUT2D eigenvalue weighted by Crippen LogP contribution is -2.47. The first kappa shape index (κ1) is 15.0. The molecule has 1 nitrogen and oxygen atoms in total. The van der Waals surface area contributed by atoms with Crippen molar-refractivity contribution in [1.82, 2.24) is 0 Å². The van der Waals surface area contributed by atoms with Crippen LogP contribution in [0.15, 0.2) is 42.0 Å². The van der Waals surface area contributed by atoms with Crippen LogP contribution in [0.2, 0.25) is 0 Å². The zero-order valence-corrected chi connectivity index (χ0v) is 14.5. The molecule has 120 valence electrons. The highest BCUT2D eigenvalue weighted by molar-refractivity contribution is 5.93. The Balaban J connectivity index is 1.75. The summed E-state index contributed by atoms with van der Waals surface area (Å²) >= 11 is 0. The van der Waals surface area contributed by atoms with E-state index in [1.165, 1.54) is 66.3 Å². The van der Waals surface area contributed by atoms with Crippen LogP contribution in [0.25, 0.3) is 16.8 Å². The molecule has 1 atom stereocenters. The molecule has 1 unspecified atom stereocenters. The predicted molar refractivity (Wildman–Crippen MR) is 99.4 cm³/mol. The highest BCUT2D eigenvalue weighted by Gasteiger charge is 2.42. The zero-order valence-electron chi connectivity index (χ0n) is 14.5. The van der Waals surface area contributed by atoms with E-state index in [4.69, 9.17) is 0 Å². The average molecular weight is 306 g/mol. The largest absolute Gasteiger partial charge is 0.320 e. The lowest BCUT2D eigenvalue weighted by atomic mass is 9.83. The van der Waals surface area contributed by atoms with E-state index in [9.17, 15) is 0 Å². The van der Waals surface area contributed by atoms with E-state index < -0.39 is 0 Å². The second-order valence-electron chi connectivity index (χ2n) is 7.61. The summed E-state index contributed by atoms with van der Waals surface area (Å²) in [5.74, 6) is 0.779. The van der Waals surface area contributed by atoms with Crippen LogP contribution in [0.5, 0.6) is 0 Å². The van der Waals surface area contributed by atoms with Crippen LogP contribution in [0.3, 0.4) is 0 Å². The van der Waals surface area contributed by atoms with Crippen LogP contribution >= 0.6 is 0 Å². The fraction of sp³-hybridized carbons (Fsp3) is 0.455. The summed E-state index contributed by atoms with van der Waals surface area (Å²) in [5, 5.41) is 2.81. The molecule has 0 saturated carbocycles. The fourth-order valence-electron chi connectivity index (χ4n) is 5.07. The Hall–Kier alpha value is -1.60. The van der Waals surface area contributed by atoms with Crippen molar-refractivity contribution in [3.8, 4) is 0 Å². The van der Waals surface area contributed by atoms with Gasteiger partial charge in [0, 0.05) is 5.92 Å². The molecule has 0 radical (unpaired) electrons. The van der Waals surface area contributed by atoms with Crippen molar-refractivity contribution in [2.24, 2.45) is 5.92 Å². The molecule has 2 aromatic rings. The molecule has 2 aliphatic rings. The summed E-state index contributed by atoms with van der Waals surface area (Å²) in [6.07, 6.45) is 6.41. The third kappa shape index (κ3) is 2.52. The predicted octanol–water partition coefficient (Wildman–Crippen LogP) is 5.05. The number of likely N-dealkylation sites (tertiary alicyclic amines) is 1. The van der Waals surface area contributed by atoms with Crippen molar-refractivity contribution in [1.29, 1.82) is 0 Å². The zero-order chi connectivity index (χ0) is 15.9.